The number of carbonyl (C=O) groups is 1. The Morgan fingerprint density at radius 1 is 1.14 bits per heavy atom. The van der Waals surface area contributed by atoms with Gasteiger partial charge in [0.05, 0.1) is 27.8 Å². The number of nitrogens with one attached hydrogen (secondary N) is 1. The quantitative estimate of drug-likeness (QED) is 0.470. The van der Waals surface area contributed by atoms with Crippen LogP contribution in [0.3, 0.4) is 0 Å². The number of ether oxygens (including phenoxy) is 1. The number of hydrogen-bond donors (Lipinski definition) is 1. The van der Waals surface area contributed by atoms with E-state index in [1.54, 1.807) is 18.3 Å². The number of pyridine rings is 1. The van der Waals surface area contributed by atoms with Crippen molar-refractivity contribution in [3.63, 3.8) is 0 Å². The summed E-state index contributed by atoms with van der Waals surface area (Å²) >= 11 is 0. The van der Waals surface area contributed by atoms with Gasteiger partial charge in [-0.3, -0.25) is 34.7 Å². The predicted octanol–water partition coefficient (Wildman–Crippen LogP) is 3.09. The maximum atomic E-state index is 12.5. The van der Waals surface area contributed by atoms with Crippen LogP contribution in [0.1, 0.15) is 13.0 Å². The molecule has 0 fully saturated rings. The van der Waals surface area contributed by atoms with E-state index in [9.17, 15) is 25.0 Å². The number of carbonyl (C=O) groups excluding carboxylic acids is 1. The van der Waals surface area contributed by atoms with E-state index >= 15 is 0 Å². The van der Waals surface area contributed by atoms with Crippen LogP contribution in [0.15, 0.2) is 55.1 Å². The fraction of sp³-hybridized carbons (Fsp3) is 0.118. The molecule has 12 heteroatoms. The molecule has 3 rings (SSSR count). The minimum Gasteiger partial charge on any atom is -0.455 e. The predicted molar refractivity (Wildman–Crippen MR) is 99.6 cm³/mol. The molecule has 0 aliphatic rings. The molecule has 2 aromatic heterocycles. The Morgan fingerprint density at radius 2 is 1.90 bits per heavy atom. The van der Waals surface area contributed by atoms with E-state index < -0.39 is 21.8 Å². The first-order valence-electron chi connectivity index (χ1n) is 8.20. The lowest BCUT2D eigenvalue weighted by Crippen LogP contribution is -2.24. The topological polar surface area (TPSA) is 155 Å². The summed E-state index contributed by atoms with van der Waals surface area (Å²) in [4.78, 5) is 37.1. The Hall–Kier alpha value is -4.35. The van der Waals surface area contributed by atoms with Crippen LogP contribution in [0, 0.1) is 20.2 Å². The van der Waals surface area contributed by atoms with Gasteiger partial charge in [-0.1, -0.05) is 0 Å². The molecular formula is C17H14N6O6. The largest absolute Gasteiger partial charge is 0.455 e. The first-order valence-corrected chi connectivity index (χ1v) is 8.20. The molecule has 0 spiro atoms. The summed E-state index contributed by atoms with van der Waals surface area (Å²) in [5, 5.41) is 28.3. The molecule has 12 nitrogen and oxygen atoms in total. The van der Waals surface area contributed by atoms with Gasteiger partial charge in [-0.25, -0.2) is 0 Å². The summed E-state index contributed by atoms with van der Waals surface area (Å²) in [6.45, 7) is 1.48. The highest BCUT2D eigenvalue weighted by Gasteiger charge is 2.20. The van der Waals surface area contributed by atoms with E-state index in [0.717, 1.165) is 17.1 Å². The smallest absolute Gasteiger partial charge is 0.307 e. The first kappa shape index (κ1) is 19.4. The van der Waals surface area contributed by atoms with Crippen molar-refractivity contribution in [3.8, 4) is 11.5 Å². The van der Waals surface area contributed by atoms with Crippen LogP contribution in [0.5, 0.6) is 11.5 Å². The van der Waals surface area contributed by atoms with Crippen molar-refractivity contribution in [3.05, 3.63) is 75.3 Å². The van der Waals surface area contributed by atoms with Crippen LogP contribution in [0.4, 0.5) is 17.1 Å². The van der Waals surface area contributed by atoms with Crippen molar-refractivity contribution in [2.24, 2.45) is 0 Å². The number of amides is 1. The molecule has 0 aliphatic heterocycles. The third kappa shape index (κ3) is 4.68. The third-order valence-corrected chi connectivity index (χ3v) is 3.81. The number of benzene rings is 1. The number of rotatable bonds is 7. The van der Waals surface area contributed by atoms with Crippen LogP contribution in [-0.2, 0) is 4.79 Å². The van der Waals surface area contributed by atoms with Crippen molar-refractivity contribution in [1.29, 1.82) is 0 Å². The van der Waals surface area contributed by atoms with Gasteiger partial charge in [0.15, 0.2) is 0 Å². The Kier molecular flexibility index (Phi) is 5.44. The lowest BCUT2D eigenvalue weighted by Gasteiger charge is -2.13. The zero-order valence-electron chi connectivity index (χ0n) is 15.0. The number of nitro benzene ring substituents is 1. The summed E-state index contributed by atoms with van der Waals surface area (Å²) in [5.41, 5.74) is -0.423. The molecule has 0 saturated carbocycles. The molecule has 3 aromatic rings. The zero-order chi connectivity index (χ0) is 21.0. The molecule has 1 N–H and O–H groups in total. The first-order chi connectivity index (χ1) is 13.8. The maximum absolute atomic E-state index is 12.5. The summed E-state index contributed by atoms with van der Waals surface area (Å²) in [6, 6.07) is 6.16. The van der Waals surface area contributed by atoms with E-state index in [0.29, 0.717) is 5.75 Å². The molecule has 1 amide bonds. The summed E-state index contributed by atoms with van der Waals surface area (Å²) in [6.07, 6.45) is 5.13. The highest BCUT2D eigenvalue weighted by atomic mass is 16.6. The number of nitrogens with zero attached hydrogens (tertiary/aromatic N) is 5. The minimum atomic E-state index is -0.898. The summed E-state index contributed by atoms with van der Waals surface area (Å²) in [5.74, 6) is -0.0804. The fourth-order valence-electron chi connectivity index (χ4n) is 2.36. The molecule has 1 unspecified atom stereocenters. The van der Waals surface area contributed by atoms with Gasteiger partial charge in [0.25, 0.3) is 5.69 Å². The average molecular weight is 398 g/mol. The maximum Gasteiger partial charge on any atom is 0.307 e. The Balaban J connectivity index is 1.82. The van der Waals surface area contributed by atoms with E-state index in [1.165, 1.54) is 31.3 Å². The second kappa shape index (κ2) is 8.12. The number of hydrogen-bond acceptors (Lipinski definition) is 8. The Labute approximate surface area is 163 Å². The number of anilines is 1. The molecule has 0 aliphatic carbocycles. The van der Waals surface area contributed by atoms with Crippen molar-refractivity contribution in [2.45, 2.75) is 13.0 Å². The molecule has 0 radical (unpaired) electrons. The SMILES string of the molecule is CC(C(=O)Nc1cc(Oc2cccnc2)cc([N+](=O)[O-])c1)n1cc([N+](=O)[O-])cn1. The van der Waals surface area contributed by atoms with E-state index in [1.807, 2.05) is 0 Å². The molecular weight excluding hydrogens is 384 g/mol. The lowest BCUT2D eigenvalue weighted by molar-refractivity contribution is -0.385. The summed E-state index contributed by atoms with van der Waals surface area (Å²) < 4.78 is 6.68. The van der Waals surface area contributed by atoms with Gasteiger partial charge in [0.2, 0.25) is 5.91 Å². The van der Waals surface area contributed by atoms with Crippen LogP contribution < -0.4 is 10.1 Å². The highest BCUT2D eigenvalue weighted by molar-refractivity contribution is 5.94. The van der Waals surface area contributed by atoms with E-state index in [-0.39, 0.29) is 22.8 Å². The van der Waals surface area contributed by atoms with Gasteiger partial charge in [-0.2, -0.15) is 5.10 Å². The third-order valence-electron chi connectivity index (χ3n) is 3.81. The molecule has 0 saturated heterocycles. The second-order valence-corrected chi connectivity index (χ2v) is 5.86. The zero-order valence-corrected chi connectivity index (χ0v) is 15.0. The highest BCUT2D eigenvalue weighted by Crippen LogP contribution is 2.30. The van der Waals surface area contributed by atoms with Crippen molar-refractivity contribution in [1.82, 2.24) is 14.8 Å². The van der Waals surface area contributed by atoms with Gasteiger partial charge >= 0.3 is 5.69 Å². The summed E-state index contributed by atoms with van der Waals surface area (Å²) in [7, 11) is 0. The minimum absolute atomic E-state index is 0.122. The van der Waals surface area contributed by atoms with Crippen LogP contribution in [-0.4, -0.2) is 30.5 Å². The van der Waals surface area contributed by atoms with E-state index in [4.69, 9.17) is 4.74 Å². The molecule has 0 bridgehead atoms. The fourth-order valence-corrected chi connectivity index (χ4v) is 2.36. The van der Waals surface area contributed by atoms with Gasteiger partial charge in [-0.05, 0) is 19.1 Å². The molecule has 148 valence electrons. The molecule has 29 heavy (non-hydrogen) atoms. The Bertz CT molecular complexity index is 1070. The lowest BCUT2D eigenvalue weighted by atomic mass is 10.2. The number of non-ortho nitro benzene ring substituents is 1. The number of nitro groups is 2. The second-order valence-electron chi connectivity index (χ2n) is 5.86. The van der Waals surface area contributed by atoms with Crippen molar-refractivity contribution < 1.29 is 19.4 Å². The van der Waals surface area contributed by atoms with Crippen molar-refractivity contribution in [2.75, 3.05) is 5.32 Å². The van der Waals surface area contributed by atoms with E-state index in [2.05, 4.69) is 15.4 Å². The number of aromatic nitrogens is 3. The van der Waals surface area contributed by atoms with Gasteiger partial charge in [0.1, 0.15) is 29.9 Å². The van der Waals surface area contributed by atoms with Crippen molar-refractivity contribution >= 4 is 23.0 Å². The Morgan fingerprint density at radius 3 is 2.52 bits per heavy atom. The normalized spacial score (nSPS) is 11.5. The van der Waals surface area contributed by atoms with Gasteiger partial charge < -0.3 is 10.1 Å². The molecule has 1 aromatic carbocycles. The van der Waals surface area contributed by atoms with Crippen LogP contribution in [0.2, 0.25) is 0 Å². The molecule has 1 atom stereocenters. The van der Waals surface area contributed by atoms with Gasteiger partial charge in [-0.15, -0.1) is 0 Å². The monoisotopic (exact) mass is 398 g/mol. The standard InChI is InChI=1S/C17H14N6O6/c1-11(21-10-14(8-19-21)23(27)28)17(24)20-12-5-13(22(25)26)7-16(6-12)29-15-3-2-4-18-9-15/h2-11H,1H3,(H,20,24). The van der Waals surface area contributed by atoms with Crippen LogP contribution >= 0.6 is 0 Å². The molecule has 2 heterocycles. The van der Waals surface area contributed by atoms with Gasteiger partial charge in [0, 0.05) is 18.3 Å². The van der Waals surface area contributed by atoms with Crippen LogP contribution in [0.25, 0.3) is 0 Å². The average Bonchev–Trinajstić information content (AvgIpc) is 3.18.